The molecule has 0 bridgehead atoms. The summed E-state index contributed by atoms with van der Waals surface area (Å²) >= 11 is 1.35. The second-order valence-electron chi connectivity index (χ2n) is 5.85. The van der Waals surface area contributed by atoms with E-state index in [9.17, 15) is 14.4 Å². The number of imide groups is 1. The van der Waals surface area contributed by atoms with Crippen molar-refractivity contribution >= 4 is 34.3 Å². The fraction of sp³-hybridized carbons (Fsp3) is 0.438. The third kappa shape index (κ3) is 3.74. The van der Waals surface area contributed by atoms with Crippen molar-refractivity contribution in [3.05, 3.63) is 17.3 Å². The molecule has 0 atom stereocenters. The predicted octanol–water partition coefficient (Wildman–Crippen LogP) is 1.61. The van der Waals surface area contributed by atoms with Gasteiger partial charge in [0.1, 0.15) is 0 Å². The molecule has 138 valence electrons. The lowest BCUT2D eigenvalue weighted by Crippen LogP contribution is -2.32. The number of aryl methyl sites for hydroxylation is 1. The second-order valence-corrected chi connectivity index (χ2v) is 6.71. The van der Waals surface area contributed by atoms with Gasteiger partial charge in [0.25, 0.3) is 0 Å². The van der Waals surface area contributed by atoms with E-state index in [1.54, 1.807) is 6.20 Å². The van der Waals surface area contributed by atoms with Crippen molar-refractivity contribution in [2.24, 2.45) is 0 Å². The van der Waals surface area contributed by atoms with E-state index in [-0.39, 0.29) is 31.3 Å². The molecule has 2 aromatic heterocycles. The first-order valence-corrected chi connectivity index (χ1v) is 9.24. The van der Waals surface area contributed by atoms with Crippen LogP contribution in [0.5, 0.6) is 0 Å². The largest absolute Gasteiger partial charge is 0.329 e. The Morgan fingerprint density at radius 2 is 2.23 bits per heavy atom. The first-order valence-electron chi connectivity index (χ1n) is 8.36. The van der Waals surface area contributed by atoms with Crippen LogP contribution in [-0.2, 0) is 16.1 Å². The van der Waals surface area contributed by atoms with E-state index in [1.807, 2.05) is 23.9 Å². The van der Waals surface area contributed by atoms with E-state index >= 15 is 0 Å². The number of nitrogens with zero attached hydrogens (tertiary/aromatic N) is 4. The molecule has 0 saturated carbocycles. The summed E-state index contributed by atoms with van der Waals surface area (Å²) in [5, 5.41) is 11.9. The smallest absolute Gasteiger partial charge is 0.324 e. The van der Waals surface area contributed by atoms with Crippen molar-refractivity contribution in [3.63, 3.8) is 0 Å². The molecule has 0 spiro atoms. The summed E-state index contributed by atoms with van der Waals surface area (Å²) in [5.41, 5.74) is 2.76. The van der Waals surface area contributed by atoms with Crippen LogP contribution in [0.3, 0.4) is 0 Å². The topological polar surface area (TPSA) is 109 Å². The summed E-state index contributed by atoms with van der Waals surface area (Å²) in [5.74, 6) is -0.457. The summed E-state index contributed by atoms with van der Waals surface area (Å²) < 4.78 is 1.89. The van der Waals surface area contributed by atoms with E-state index < -0.39 is 6.03 Å². The van der Waals surface area contributed by atoms with Crippen LogP contribution in [0.4, 0.5) is 9.93 Å². The lowest BCUT2D eigenvalue weighted by Gasteiger charge is -2.11. The van der Waals surface area contributed by atoms with Gasteiger partial charge in [-0.25, -0.2) is 9.78 Å². The molecule has 4 amide bonds. The molecule has 0 unspecified atom stereocenters. The number of nitrogens with one attached hydrogen (secondary N) is 2. The second kappa shape index (κ2) is 7.65. The number of urea groups is 1. The average molecular weight is 376 g/mol. The van der Waals surface area contributed by atoms with Crippen LogP contribution < -0.4 is 10.6 Å². The minimum Gasteiger partial charge on any atom is -0.329 e. The third-order valence-corrected chi connectivity index (χ3v) is 4.91. The Bertz CT molecular complexity index is 827. The number of aromatic nitrogens is 3. The van der Waals surface area contributed by atoms with Crippen molar-refractivity contribution in [3.8, 4) is 11.3 Å². The van der Waals surface area contributed by atoms with E-state index in [4.69, 9.17) is 0 Å². The average Bonchev–Trinajstić information content (AvgIpc) is 3.29. The number of rotatable bonds is 7. The number of anilines is 1. The highest BCUT2D eigenvalue weighted by Gasteiger charge is 2.27. The van der Waals surface area contributed by atoms with Crippen LogP contribution in [0.2, 0.25) is 0 Å². The van der Waals surface area contributed by atoms with Gasteiger partial charge in [-0.3, -0.25) is 19.2 Å². The molecule has 1 aliphatic heterocycles. The highest BCUT2D eigenvalue weighted by molar-refractivity contribution is 7.14. The Hall–Kier alpha value is -2.75. The molecule has 1 aliphatic rings. The fourth-order valence-electron chi connectivity index (χ4n) is 2.73. The summed E-state index contributed by atoms with van der Waals surface area (Å²) in [4.78, 5) is 40.5. The normalized spacial score (nSPS) is 14.0. The van der Waals surface area contributed by atoms with Crippen molar-refractivity contribution in [2.75, 3.05) is 18.4 Å². The predicted molar refractivity (Wildman–Crippen MR) is 96.7 cm³/mol. The van der Waals surface area contributed by atoms with Crippen molar-refractivity contribution in [1.29, 1.82) is 0 Å². The lowest BCUT2D eigenvalue weighted by atomic mass is 10.2. The molecule has 9 nitrogen and oxygen atoms in total. The standard InChI is InChI=1S/C16H20N6O3S/c1-3-22-10(2)11(7-18-22)12-9-26-15(19-12)20-13(23)5-4-6-21-14(24)8-17-16(21)25/h7,9H,3-6,8H2,1-2H3,(H,17,25)(H,19,20,23). The summed E-state index contributed by atoms with van der Waals surface area (Å²) in [7, 11) is 0. The maximum Gasteiger partial charge on any atom is 0.324 e. The van der Waals surface area contributed by atoms with Gasteiger partial charge in [-0.05, 0) is 20.3 Å². The van der Waals surface area contributed by atoms with Crippen LogP contribution in [0.25, 0.3) is 11.3 Å². The maximum atomic E-state index is 12.0. The number of hydrogen-bond donors (Lipinski definition) is 2. The molecule has 10 heteroatoms. The van der Waals surface area contributed by atoms with Crippen LogP contribution in [0.15, 0.2) is 11.6 Å². The van der Waals surface area contributed by atoms with E-state index in [1.165, 1.54) is 11.3 Å². The fourth-order valence-corrected chi connectivity index (χ4v) is 3.46. The third-order valence-electron chi connectivity index (χ3n) is 4.15. The maximum absolute atomic E-state index is 12.0. The number of carbonyl (C=O) groups is 3. The Morgan fingerprint density at radius 1 is 1.42 bits per heavy atom. The summed E-state index contributed by atoms with van der Waals surface area (Å²) in [6.07, 6.45) is 2.39. The van der Waals surface area contributed by atoms with Crippen LogP contribution in [0, 0.1) is 6.92 Å². The molecule has 0 aromatic carbocycles. The molecule has 1 saturated heterocycles. The lowest BCUT2D eigenvalue weighted by molar-refractivity contribution is -0.125. The number of amides is 4. The van der Waals surface area contributed by atoms with Gasteiger partial charge in [-0.2, -0.15) is 5.10 Å². The Morgan fingerprint density at radius 3 is 2.88 bits per heavy atom. The SMILES string of the molecule is CCn1ncc(-c2csc(NC(=O)CCCN3C(=O)CNC3=O)n2)c1C. The van der Waals surface area contributed by atoms with E-state index in [0.717, 1.165) is 28.4 Å². The minimum atomic E-state index is -0.400. The first-order chi connectivity index (χ1) is 12.5. The molecular weight excluding hydrogens is 356 g/mol. The van der Waals surface area contributed by atoms with E-state index in [2.05, 4.69) is 20.7 Å². The van der Waals surface area contributed by atoms with Gasteiger partial charge in [0.2, 0.25) is 11.8 Å². The highest BCUT2D eigenvalue weighted by atomic mass is 32.1. The van der Waals surface area contributed by atoms with Crippen molar-refractivity contribution in [1.82, 2.24) is 25.0 Å². The zero-order valence-electron chi connectivity index (χ0n) is 14.6. The number of thiazole rings is 1. The molecule has 2 N–H and O–H groups in total. The zero-order valence-corrected chi connectivity index (χ0v) is 15.4. The number of hydrogen-bond acceptors (Lipinski definition) is 6. The van der Waals surface area contributed by atoms with Crippen LogP contribution in [0.1, 0.15) is 25.5 Å². The van der Waals surface area contributed by atoms with Gasteiger partial charge < -0.3 is 10.6 Å². The van der Waals surface area contributed by atoms with Gasteiger partial charge in [0, 0.05) is 36.1 Å². The summed E-state index contributed by atoms with van der Waals surface area (Å²) in [6.45, 7) is 5.06. The molecular formula is C16H20N6O3S. The quantitative estimate of drug-likeness (QED) is 0.714. The molecule has 2 aromatic rings. The Balaban J connectivity index is 1.52. The van der Waals surface area contributed by atoms with E-state index in [0.29, 0.717) is 11.6 Å². The van der Waals surface area contributed by atoms with Gasteiger partial charge in [0.15, 0.2) is 5.13 Å². The molecule has 0 aliphatic carbocycles. The Kier molecular flexibility index (Phi) is 5.31. The highest BCUT2D eigenvalue weighted by Crippen LogP contribution is 2.27. The summed E-state index contributed by atoms with van der Waals surface area (Å²) in [6, 6.07) is -0.400. The zero-order chi connectivity index (χ0) is 18.7. The molecule has 3 rings (SSSR count). The molecule has 26 heavy (non-hydrogen) atoms. The first kappa shape index (κ1) is 18.1. The molecule has 0 radical (unpaired) electrons. The number of carbonyl (C=O) groups excluding carboxylic acids is 3. The van der Waals surface area contributed by atoms with Crippen LogP contribution >= 0.6 is 11.3 Å². The minimum absolute atomic E-state index is 0.0287. The van der Waals surface area contributed by atoms with Crippen molar-refractivity contribution < 1.29 is 14.4 Å². The van der Waals surface area contributed by atoms with Gasteiger partial charge >= 0.3 is 6.03 Å². The molecule has 3 heterocycles. The van der Waals surface area contributed by atoms with Gasteiger partial charge in [-0.15, -0.1) is 11.3 Å². The Labute approximate surface area is 154 Å². The van der Waals surface area contributed by atoms with Gasteiger partial charge in [-0.1, -0.05) is 0 Å². The van der Waals surface area contributed by atoms with Gasteiger partial charge in [0.05, 0.1) is 18.4 Å². The molecule has 1 fully saturated rings. The monoisotopic (exact) mass is 376 g/mol. The van der Waals surface area contributed by atoms with Crippen LogP contribution in [-0.4, -0.2) is 50.6 Å². The van der Waals surface area contributed by atoms with Crippen molar-refractivity contribution in [2.45, 2.75) is 33.2 Å².